The molecule has 1 saturated heterocycles. The number of nitrogens with zero attached hydrogens (tertiary/aromatic N) is 2. The molecule has 0 N–H and O–H groups in total. The Morgan fingerprint density at radius 2 is 2.08 bits per heavy atom. The van der Waals surface area contributed by atoms with Gasteiger partial charge in [0.25, 0.3) is 0 Å². The van der Waals surface area contributed by atoms with Gasteiger partial charge in [0, 0.05) is 24.7 Å². The molecule has 6 nitrogen and oxygen atoms in total. The Morgan fingerprint density at radius 3 is 2.68 bits per heavy atom. The van der Waals surface area contributed by atoms with Gasteiger partial charge in [-0.1, -0.05) is 12.1 Å². The van der Waals surface area contributed by atoms with E-state index in [1.807, 2.05) is 38.1 Å². The molecular weight excluding hydrogens is 320 g/mol. The molecule has 6 heteroatoms. The van der Waals surface area contributed by atoms with E-state index < -0.39 is 5.97 Å². The number of hydrogen-bond acceptors (Lipinski definition) is 5. The maximum atomic E-state index is 11.8. The Balaban J connectivity index is 1.54. The summed E-state index contributed by atoms with van der Waals surface area (Å²) in [4.78, 5) is 29.4. The minimum absolute atomic E-state index is 0.00780. The molecule has 1 aliphatic heterocycles. The van der Waals surface area contributed by atoms with Crippen molar-refractivity contribution in [2.75, 3.05) is 11.4 Å². The zero-order valence-corrected chi connectivity index (χ0v) is 14.3. The fourth-order valence-electron chi connectivity index (χ4n) is 2.63. The molecule has 2 aromatic rings. The molecule has 3 rings (SSSR count). The summed E-state index contributed by atoms with van der Waals surface area (Å²) in [5.74, 6) is 0.797. The SMILES string of the molecule is Cc1nc(COC(=O)/C=C/c2ccc(N3CCCC3=O)cc2)oc1C. The smallest absolute Gasteiger partial charge is 0.331 e. The number of aryl methyl sites for hydroxylation is 2. The van der Waals surface area contributed by atoms with Crippen molar-refractivity contribution in [1.82, 2.24) is 4.98 Å². The predicted octanol–water partition coefficient (Wildman–Crippen LogP) is 3.17. The summed E-state index contributed by atoms with van der Waals surface area (Å²) in [6.07, 6.45) is 4.54. The van der Waals surface area contributed by atoms with Gasteiger partial charge in [0.2, 0.25) is 11.8 Å². The predicted molar refractivity (Wildman–Crippen MR) is 92.8 cm³/mol. The van der Waals surface area contributed by atoms with Crippen molar-refractivity contribution < 1.29 is 18.7 Å². The molecule has 0 bridgehead atoms. The second-order valence-electron chi connectivity index (χ2n) is 5.93. The lowest BCUT2D eigenvalue weighted by molar-refractivity contribution is -0.139. The lowest BCUT2D eigenvalue weighted by atomic mass is 10.2. The maximum Gasteiger partial charge on any atom is 0.331 e. The van der Waals surface area contributed by atoms with E-state index in [0.717, 1.165) is 35.7 Å². The third kappa shape index (κ3) is 4.15. The number of anilines is 1. The van der Waals surface area contributed by atoms with Crippen molar-refractivity contribution in [1.29, 1.82) is 0 Å². The van der Waals surface area contributed by atoms with E-state index in [2.05, 4.69) is 4.98 Å². The topological polar surface area (TPSA) is 72.6 Å². The maximum absolute atomic E-state index is 11.8. The van der Waals surface area contributed by atoms with Gasteiger partial charge in [-0.15, -0.1) is 0 Å². The average Bonchev–Trinajstić information content (AvgIpc) is 3.17. The molecule has 1 aliphatic rings. The summed E-state index contributed by atoms with van der Waals surface area (Å²) in [5, 5.41) is 0. The molecule has 1 amide bonds. The van der Waals surface area contributed by atoms with Crippen molar-refractivity contribution in [2.24, 2.45) is 0 Å². The standard InChI is InChI=1S/C19H20N2O4/c1-13-14(2)25-17(20-13)12-24-19(23)10-7-15-5-8-16(9-6-15)21-11-3-4-18(21)22/h5-10H,3-4,11-12H2,1-2H3/b10-7+. The number of carbonyl (C=O) groups is 2. The first-order chi connectivity index (χ1) is 12.0. The van der Waals surface area contributed by atoms with Gasteiger partial charge in [0.15, 0.2) is 6.61 Å². The second kappa shape index (κ2) is 7.34. The summed E-state index contributed by atoms with van der Waals surface area (Å²) in [6.45, 7) is 4.42. The largest absolute Gasteiger partial charge is 0.453 e. The number of aromatic nitrogens is 1. The van der Waals surface area contributed by atoms with Crippen LogP contribution in [0.3, 0.4) is 0 Å². The summed E-state index contributed by atoms with van der Waals surface area (Å²) in [6, 6.07) is 7.50. The van der Waals surface area contributed by atoms with E-state index in [0.29, 0.717) is 12.3 Å². The summed E-state index contributed by atoms with van der Waals surface area (Å²) in [5.41, 5.74) is 2.53. The number of amides is 1. The zero-order valence-electron chi connectivity index (χ0n) is 14.3. The Labute approximate surface area is 146 Å². The number of carbonyl (C=O) groups excluding carboxylic acids is 2. The van der Waals surface area contributed by atoms with Crippen LogP contribution in [0.1, 0.15) is 35.7 Å². The van der Waals surface area contributed by atoms with Gasteiger partial charge in [-0.05, 0) is 44.0 Å². The van der Waals surface area contributed by atoms with E-state index >= 15 is 0 Å². The highest BCUT2D eigenvalue weighted by Crippen LogP contribution is 2.21. The zero-order chi connectivity index (χ0) is 17.8. The number of ether oxygens (including phenoxy) is 1. The lowest BCUT2D eigenvalue weighted by Gasteiger charge is -2.15. The van der Waals surface area contributed by atoms with Gasteiger partial charge in [0.1, 0.15) is 5.76 Å². The third-order valence-electron chi connectivity index (χ3n) is 4.10. The molecule has 0 spiro atoms. The van der Waals surface area contributed by atoms with Crippen molar-refractivity contribution >= 4 is 23.6 Å². The normalized spacial score (nSPS) is 14.5. The monoisotopic (exact) mass is 340 g/mol. The quantitative estimate of drug-likeness (QED) is 0.617. The molecule has 25 heavy (non-hydrogen) atoms. The molecular formula is C19H20N2O4. The summed E-state index contributed by atoms with van der Waals surface area (Å²) in [7, 11) is 0. The molecule has 1 fully saturated rings. The van der Waals surface area contributed by atoms with Crippen LogP contribution in [-0.4, -0.2) is 23.4 Å². The van der Waals surface area contributed by atoms with Crippen molar-refractivity contribution in [3.63, 3.8) is 0 Å². The Hall–Kier alpha value is -2.89. The highest BCUT2D eigenvalue weighted by atomic mass is 16.5. The molecule has 0 unspecified atom stereocenters. The van der Waals surface area contributed by atoms with E-state index in [9.17, 15) is 9.59 Å². The Kier molecular flexibility index (Phi) is 4.97. The third-order valence-corrected chi connectivity index (χ3v) is 4.10. The van der Waals surface area contributed by atoms with Crippen LogP contribution < -0.4 is 4.90 Å². The summed E-state index contributed by atoms with van der Waals surface area (Å²) >= 11 is 0. The van der Waals surface area contributed by atoms with E-state index in [1.165, 1.54) is 6.08 Å². The van der Waals surface area contributed by atoms with Crippen molar-refractivity contribution in [3.05, 3.63) is 53.2 Å². The van der Waals surface area contributed by atoms with Crippen LogP contribution in [0.25, 0.3) is 6.08 Å². The van der Waals surface area contributed by atoms with E-state index in [4.69, 9.17) is 9.15 Å². The molecule has 0 radical (unpaired) electrons. The van der Waals surface area contributed by atoms with Crippen molar-refractivity contribution in [3.8, 4) is 0 Å². The Bertz CT molecular complexity index is 786. The van der Waals surface area contributed by atoms with Gasteiger partial charge in [-0.2, -0.15) is 0 Å². The lowest BCUT2D eigenvalue weighted by Crippen LogP contribution is -2.23. The van der Waals surface area contributed by atoms with E-state index in [1.54, 1.807) is 11.0 Å². The number of benzene rings is 1. The Morgan fingerprint density at radius 1 is 1.32 bits per heavy atom. The molecule has 1 aromatic carbocycles. The average molecular weight is 340 g/mol. The number of rotatable bonds is 5. The minimum Gasteiger partial charge on any atom is -0.453 e. The van der Waals surface area contributed by atoms with Gasteiger partial charge < -0.3 is 14.1 Å². The minimum atomic E-state index is -0.465. The summed E-state index contributed by atoms with van der Waals surface area (Å²) < 4.78 is 10.5. The first kappa shape index (κ1) is 17.0. The van der Waals surface area contributed by atoms with Gasteiger partial charge in [-0.25, -0.2) is 9.78 Å². The fraction of sp³-hybridized carbons (Fsp3) is 0.316. The van der Waals surface area contributed by atoms with Crippen LogP contribution in [0, 0.1) is 13.8 Å². The number of hydrogen-bond donors (Lipinski definition) is 0. The van der Waals surface area contributed by atoms with Gasteiger partial charge in [-0.3, -0.25) is 4.79 Å². The first-order valence-corrected chi connectivity index (χ1v) is 8.21. The fourth-order valence-corrected chi connectivity index (χ4v) is 2.63. The van der Waals surface area contributed by atoms with Crippen LogP contribution in [0.2, 0.25) is 0 Å². The molecule has 130 valence electrons. The molecule has 1 aromatic heterocycles. The van der Waals surface area contributed by atoms with Crippen LogP contribution in [0.4, 0.5) is 5.69 Å². The van der Waals surface area contributed by atoms with Crippen LogP contribution in [0.15, 0.2) is 34.8 Å². The number of esters is 1. The van der Waals surface area contributed by atoms with Crippen LogP contribution in [-0.2, 0) is 20.9 Å². The highest BCUT2D eigenvalue weighted by molar-refractivity contribution is 5.95. The highest BCUT2D eigenvalue weighted by Gasteiger charge is 2.21. The molecule has 0 saturated carbocycles. The molecule has 2 heterocycles. The van der Waals surface area contributed by atoms with Gasteiger partial charge >= 0.3 is 5.97 Å². The second-order valence-corrected chi connectivity index (χ2v) is 5.93. The first-order valence-electron chi connectivity index (χ1n) is 8.21. The molecule has 0 atom stereocenters. The van der Waals surface area contributed by atoms with Crippen LogP contribution in [0.5, 0.6) is 0 Å². The number of oxazole rings is 1. The van der Waals surface area contributed by atoms with Crippen molar-refractivity contribution in [2.45, 2.75) is 33.3 Å². The van der Waals surface area contributed by atoms with E-state index in [-0.39, 0.29) is 12.5 Å². The van der Waals surface area contributed by atoms with Gasteiger partial charge in [0.05, 0.1) is 5.69 Å². The molecule has 0 aliphatic carbocycles. The van der Waals surface area contributed by atoms with Crippen LogP contribution >= 0.6 is 0 Å².